The molecule has 0 saturated carbocycles. The second kappa shape index (κ2) is 6.21. The highest BCUT2D eigenvalue weighted by Crippen LogP contribution is 2.19. The predicted molar refractivity (Wildman–Crippen MR) is 75.0 cm³/mol. The van der Waals surface area contributed by atoms with E-state index in [2.05, 4.69) is 41.8 Å². The molecule has 2 atom stereocenters. The number of hydrogen-bond donors (Lipinski definition) is 2. The van der Waals surface area contributed by atoms with Crippen LogP contribution in [0.3, 0.4) is 0 Å². The molecule has 1 fully saturated rings. The monoisotopic (exact) mass is 248 g/mol. The third kappa shape index (κ3) is 3.72. The number of hydrogen-bond acceptors (Lipinski definition) is 3. The van der Waals surface area contributed by atoms with Crippen LogP contribution in [0.2, 0.25) is 0 Å². The Morgan fingerprint density at radius 2 is 1.94 bits per heavy atom. The highest BCUT2D eigenvalue weighted by Gasteiger charge is 2.17. The number of ether oxygens (including phenoxy) is 1. The van der Waals surface area contributed by atoms with Crippen molar-refractivity contribution < 1.29 is 4.74 Å². The van der Waals surface area contributed by atoms with Crippen LogP contribution in [0.1, 0.15) is 38.8 Å². The van der Waals surface area contributed by atoms with E-state index in [1.165, 1.54) is 12.0 Å². The van der Waals surface area contributed by atoms with Gasteiger partial charge in [-0.05, 0) is 51.4 Å². The zero-order chi connectivity index (χ0) is 13.0. The van der Waals surface area contributed by atoms with Crippen LogP contribution >= 0.6 is 0 Å². The van der Waals surface area contributed by atoms with E-state index in [4.69, 9.17) is 4.74 Å². The van der Waals surface area contributed by atoms with Crippen molar-refractivity contribution in [3.63, 3.8) is 0 Å². The summed E-state index contributed by atoms with van der Waals surface area (Å²) in [5.41, 5.74) is 1.32. The molecule has 3 nitrogen and oxygen atoms in total. The Morgan fingerprint density at radius 1 is 1.22 bits per heavy atom. The summed E-state index contributed by atoms with van der Waals surface area (Å²) >= 11 is 0. The first-order valence-electron chi connectivity index (χ1n) is 6.88. The van der Waals surface area contributed by atoms with E-state index in [1.54, 1.807) is 0 Å². The van der Waals surface area contributed by atoms with Crippen molar-refractivity contribution in [2.75, 3.05) is 13.1 Å². The summed E-state index contributed by atoms with van der Waals surface area (Å²) in [6.07, 6.45) is 1.45. The molecule has 0 aliphatic carbocycles. The number of nitrogens with one attached hydrogen (secondary N) is 2. The van der Waals surface area contributed by atoms with Crippen LogP contribution in [0.4, 0.5) is 0 Å². The van der Waals surface area contributed by atoms with E-state index in [9.17, 15) is 0 Å². The van der Waals surface area contributed by atoms with Crippen LogP contribution in [-0.4, -0.2) is 25.2 Å². The van der Waals surface area contributed by atoms with Gasteiger partial charge in [-0.3, -0.25) is 0 Å². The van der Waals surface area contributed by atoms with Gasteiger partial charge in [-0.1, -0.05) is 12.1 Å². The van der Waals surface area contributed by atoms with E-state index >= 15 is 0 Å². The van der Waals surface area contributed by atoms with Gasteiger partial charge in [-0.2, -0.15) is 0 Å². The van der Waals surface area contributed by atoms with E-state index in [0.717, 1.165) is 18.8 Å². The molecule has 0 amide bonds. The first kappa shape index (κ1) is 13.4. The molecule has 3 heteroatoms. The van der Waals surface area contributed by atoms with E-state index in [0.29, 0.717) is 12.1 Å². The highest BCUT2D eigenvalue weighted by atomic mass is 16.5. The lowest BCUT2D eigenvalue weighted by atomic mass is 10.1. The largest absolute Gasteiger partial charge is 0.491 e. The molecule has 2 unspecified atom stereocenters. The minimum atomic E-state index is 0.232. The first-order chi connectivity index (χ1) is 8.65. The maximum atomic E-state index is 5.65. The van der Waals surface area contributed by atoms with Gasteiger partial charge >= 0.3 is 0 Å². The average Bonchev–Trinajstić information content (AvgIpc) is 2.82. The molecule has 1 saturated heterocycles. The van der Waals surface area contributed by atoms with Crippen LogP contribution in [0, 0.1) is 0 Å². The maximum absolute atomic E-state index is 5.65. The second-order valence-corrected chi connectivity index (χ2v) is 5.31. The molecular formula is C15H24N2O. The van der Waals surface area contributed by atoms with Gasteiger partial charge in [-0.25, -0.2) is 0 Å². The quantitative estimate of drug-likeness (QED) is 0.840. The Bertz CT molecular complexity index is 355. The van der Waals surface area contributed by atoms with Gasteiger partial charge < -0.3 is 15.4 Å². The van der Waals surface area contributed by atoms with E-state index in [1.807, 2.05) is 13.8 Å². The Kier molecular flexibility index (Phi) is 4.61. The molecule has 2 N–H and O–H groups in total. The molecular weight excluding hydrogens is 224 g/mol. The van der Waals surface area contributed by atoms with Gasteiger partial charge in [0.05, 0.1) is 6.10 Å². The molecule has 2 rings (SSSR count). The summed E-state index contributed by atoms with van der Waals surface area (Å²) in [5, 5.41) is 7.03. The smallest absolute Gasteiger partial charge is 0.119 e. The maximum Gasteiger partial charge on any atom is 0.119 e. The lowest BCUT2D eigenvalue weighted by Crippen LogP contribution is -2.33. The fraction of sp³-hybridized carbons (Fsp3) is 0.600. The van der Waals surface area contributed by atoms with E-state index in [-0.39, 0.29) is 6.10 Å². The highest BCUT2D eigenvalue weighted by molar-refractivity contribution is 5.29. The molecule has 0 aromatic heterocycles. The molecule has 0 bridgehead atoms. The summed E-state index contributed by atoms with van der Waals surface area (Å²) < 4.78 is 5.65. The van der Waals surface area contributed by atoms with Crippen LogP contribution in [0.5, 0.6) is 5.75 Å². The number of rotatable bonds is 5. The third-order valence-corrected chi connectivity index (χ3v) is 3.30. The van der Waals surface area contributed by atoms with Crippen LogP contribution < -0.4 is 15.4 Å². The molecule has 1 aliphatic rings. The lowest BCUT2D eigenvalue weighted by Gasteiger charge is -2.19. The number of benzene rings is 1. The summed E-state index contributed by atoms with van der Waals surface area (Å²) in [4.78, 5) is 0. The van der Waals surface area contributed by atoms with Crippen molar-refractivity contribution >= 4 is 0 Å². The lowest BCUT2D eigenvalue weighted by molar-refractivity contribution is 0.242. The second-order valence-electron chi connectivity index (χ2n) is 5.31. The van der Waals surface area contributed by atoms with Crippen molar-refractivity contribution in [1.29, 1.82) is 0 Å². The summed E-state index contributed by atoms with van der Waals surface area (Å²) in [5.74, 6) is 0.948. The minimum absolute atomic E-state index is 0.232. The Morgan fingerprint density at radius 3 is 2.50 bits per heavy atom. The topological polar surface area (TPSA) is 33.3 Å². The average molecular weight is 248 g/mol. The molecule has 1 heterocycles. The molecule has 100 valence electrons. The van der Waals surface area contributed by atoms with Gasteiger partial charge in [0.15, 0.2) is 0 Å². The van der Waals surface area contributed by atoms with Crippen molar-refractivity contribution in [2.24, 2.45) is 0 Å². The van der Waals surface area contributed by atoms with Gasteiger partial charge in [0.25, 0.3) is 0 Å². The van der Waals surface area contributed by atoms with Crippen LogP contribution in [0.25, 0.3) is 0 Å². The zero-order valence-corrected chi connectivity index (χ0v) is 11.6. The minimum Gasteiger partial charge on any atom is -0.491 e. The van der Waals surface area contributed by atoms with Crippen LogP contribution in [0.15, 0.2) is 24.3 Å². The standard InChI is InChI=1S/C15H24N2O/c1-11(2)18-15-6-4-13(5-7-15)12(3)17-14-8-9-16-10-14/h4-7,11-12,14,16-17H,8-10H2,1-3H3. The fourth-order valence-corrected chi connectivity index (χ4v) is 2.35. The summed E-state index contributed by atoms with van der Waals surface area (Å²) in [6, 6.07) is 9.41. The molecule has 1 aromatic carbocycles. The van der Waals surface area contributed by atoms with Crippen LogP contribution in [-0.2, 0) is 0 Å². The van der Waals surface area contributed by atoms with Crippen molar-refractivity contribution in [1.82, 2.24) is 10.6 Å². The van der Waals surface area contributed by atoms with Gasteiger partial charge in [0, 0.05) is 18.6 Å². The normalized spacial score (nSPS) is 21.2. The first-order valence-corrected chi connectivity index (χ1v) is 6.88. The van der Waals surface area contributed by atoms with Gasteiger partial charge in [0.2, 0.25) is 0 Å². The SMILES string of the molecule is CC(C)Oc1ccc(C(C)NC2CCNC2)cc1. The predicted octanol–water partition coefficient (Wildman–Crippen LogP) is 2.49. The molecule has 1 aliphatic heterocycles. The Balaban J connectivity index is 1.91. The van der Waals surface area contributed by atoms with Gasteiger partial charge in [0.1, 0.15) is 5.75 Å². The van der Waals surface area contributed by atoms with Gasteiger partial charge in [-0.15, -0.1) is 0 Å². The molecule has 0 radical (unpaired) electrons. The summed E-state index contributed by atoms with van der Waals surface area (Å²) in [7, 11) is 0. The van der Waals surface area contributed by atoms with Crippen molar-refractivity contribution in [2.45, 2.75) is 45.4 Å². The molecule has 0 spiro atoms. The molecule has 18 heavy (non-hydrogen) atoms. The third-order valence-electron chi connectivity index (χ3n) is 3.30. The zero-order valence-electron chi connectivity index (χ0n) is 11.6. The molecule has 1 aromatic rings. The summed E-state index contributed by atoms with van der Waals surface area (Å²) in [6.45, 7) is 8.53. The Labute approximate surface area is 110 Å². The fourth-order valence-electron chi connectivity index (χ4n) is 2.35. The Hall–Kier alpha value is -1.06. The van der Waals surface area contributed by atoms with E-state index < -0.39 is 0 Å². The van der Waals surface area contributed by atoms with Crippen molar-refractivity contribution in [3.8, 4) is 5.75 Å². The van der Waals surface area contributed by atoms with Crippen molar-refractivity contribution in [3.05, 3.63) is 29.8 Å².